The van der Waals surface area contributed by atoms with Crippen LogP contribution in [0.2, 0.25) is 0 Å². The molecule has 1 rings (SSSR count). The number of hydrogen-bond donors (Lipinski definition) is 2. The Hall–Kier alpha value is -2.70. The van der Waals surface area contributed by atoms with Crippen molar-refractivity contribution in [1.29, 1.82) is 0 Å². The molecule has 0 aliphatic heterocycles. The van der Waals surface area contributed by atoms with Crippen LogP contribution in [0, 0.1) is 5.82 Å². The van der Waals surface area contributed by atoms with E-state index in [2.05, 4.69) is 10.1 Å². The maximum absolute atomic E-state index is 12.7. The van der Waals surface area contributed by atoms with Crippen LogP contribution in [-0.4, -0.2) is 30.6 Å². The zero-order valence-electron chi connectivity index (χ0n) is 13.0. The van der Waals surface area contributed by atoms with Gasteiger partial charge < -0.3 is 10.1 Å². The fraction of sp³-hybridized carbons (Fsp3) is 0.312. The number of benzene rings is 1. The van der Waals surface area contributed by atoms with Crippen molar-refractivity contribution < 1.29 is 23.5 Å². The topological polar surface area (TPSA) is 84.5 Å². The van der Waals surface area contributed by atoms with Crippen molar-refractivity contribution in [2.24, 2.45) is 0 Å². The van der Waals surface area contributed by atoms with Gasteiger partial charge in [0.1, 0.15) is 5.82 Å². The molecular weight excluding hydrogens is 303 g/mol. The summed E-state index contributed by atoms with van der Waals surface area (Å²) in [5.74, 6) is -1.85. The smallest absolute Gasteiger partial charge is 0.331 e. The molecule has 0 fully saturated rings. The highest BCUT2D eigenvalue weighted by atomic mass is 19.1. The average Bonchev–Trinajstić information content (AvgIpc) is 2.52. The predicted octanol–water partition coefficient (Wildman–Crippen LogP) is 2.01. The van der Waals surface area contributed by atoms with Gasteiger partial charge >= 0.3 is 12.0 Å². The van der Waals surface area contributed by atoms with Gasteiger partial charge in [-0.1, -0.05) is 19.1 Å². The number of imide groups is 1. The molecule has 0 unspecified atom stereocenters. The first-order valence-electron chi connectivity index (χ1n) is 7.11. The summed E-state index contributed by atoms with van der Waals surface area (Å²) in [6, 6.07) is 4.80. The number of nitrogens with one attached hydrogen (secondary N) is 2. The lowest BCUT2D eigenvalue weighted by Crippen LogP contribution is -2.44. The highest BCUT2D eigenvalue weighted by molar-refractivity contribution is 5.96. The van der Waals surface area contributed by atoms with Crippen molar-refractivity contribution in [3.8, 4) is 0 Å². The molecule has 23 heavy (non-hydrogen) atoms. The Balaban J connectivity index is 2.33. The number of amides is 3. The van der Waals surface area contributed by atoms with E-state index in [-0.39, 0.29) is 11.9 Å². The average molecular weight is 322 g/mol. The van der Waals surface area contributed by atoms with E-state index in [9.17, 15) is 18.8 Å². The molecule has 0 radical (unpaired) electrons. The Morgan fingerprint density at radius 1 is 1.26 bits per heavy atom. The molecule has 1 aromatic carbocycles. The van der Waals surface area contributed by atoms with Gasteiger partial charge in [-0.05, 0) is 37.1 Å². The minimum Gasteiger partial charge on any atom is -0.452 e. The number of rotatable bonds is 6. The first-order chi connectivity index (χ1) is 10.9. The van der Waals surface area contributed by atoms with Crippen molar-refractivity contribution >= 4 is 24.0 Å². The molecule has 7 heteroatoms. The number of ether oxygens (including phenoxy) is 1. The van der Waals surface area contributed by atoms with Gasteiger partial charge in [-0.3, -0.25) is 10.1 Å². The number of urea groups is 1. The van der Waals surface area contributed by atoms with E-state index >= 15 is 0 Å². The zero-order chi connectivity index (χ0) is 17.2. The molecule has 0 spiro atoms. The van der Waals surface area contributed by atoms with Crippen LogP contribution < -0.4 is 10.6 Å². The third-order valence-corrected chi connectivity index (χ3v) is 2.87. The Bertz CT molecular complexity index is 584. The van der Waals surface area contributed by atoms with E-state index in [1.807, 2.05) is 12.2 Å². The molecule has 124 valence electrons. The van der Waals surface area contributed by atoms with Crippen LogP contribution >= 0.6 is 0 Å². The highest BCUT2D eigenvalue weighted by Crippen LogP contribution is 2.04. The van der Waals surface area contributed by atoms with E-state index in [1.165, 1.54) is 30.3 Å². The van der Waals surface area contributed by atoms with Gasteiger partial charge in [0.2, 0.25) is 0 Å². The molecule has 0 saturated carbocycles. The third kappa shape index (κ3) is 7.75. The number of carbonyl (C=O) groups is 3. The summed E-state index contributed by atoms with van der Waals surface area (Å²) in [5.41, 5.74) is 0.612. The van der Waals surface area contributed by atoms with E-state index in [4.69, 9.17) is 0 Å². The maximum Gasteiger partial charge on any atom is 0.331 e. The summed E-state index contributed by atoms with van der Waals surface area (Å²) in [5, 5.41) is 4.59. The number of carbonyl (C=O) groups excluding carboxylic acids is 3. The van der Waals surface area contributed by atoms with Gasteiger partial charge in [0.15, 0.2) is 6.61 Å². The van der Waals surface area contributed by atoms with Gasteiger partial charge in [-0.25, -0.2) is 14.0 Å². The lowest BCUT2D eigenvalue weighted by molar-refractivity contribution is -0.143. The van der Waals surface area contributed by atoms with Gasteiger partial charge in [0, 0.05) is 12.1 Å². The second-order valence-corrected chi connectivity index (χ2v) is 4.82. The van der Waals surface area contributed by atoms with Crippen LogP contribution in [0.15, 0.2) is 30.3 Å². The van der Waals surface area contributed by atoms with Crippen molar-refractivity contribution in [1.82, 2.24) is 10.6 Å². The van der Waals surface area contributed by atoms with Crippen molar-refractivity contribution in [2.75, 3.05) is 6.61 Å². The van der Waals surface area contributed by atoms with Crippen LogP contribution in [0.1, 0.15) is 25.8 Å². The quantitative estimate of drug-likeness (QED) is 0.620. The van der Waals surface area contributed by atoms with Crippen LogP contribution in [0.4, 0.5) is 9.18 Å². The third-order valence-electron chi connectivity index (χ3n) is 2.87. The number of hydrogen-bond acceptors (Lipinski definition) is 4. The molecule has 3 amide bonds. The molecule has 0 bridgehead atoms. The SMILES string of the molecule is CC[C@@H](C)NC(=O)NC(=O)COC(=O)/C=C/c1ccc(F)cc1. The number of halogens is 1. The lowest BCUT2D eigenvalue weighted by Gasteiger charge is -2.11. The largest absolute Gasteiger partial charge is 0.452 e. The summed E-state index contributed by atoms with van der Waals surface area (Å²) < 4.78 is 17.4. The standard InChI is InChI=1S/C16H19FN2O4/c1-3-11(2)18-16(22)19-14(20)10-23-15(21)9-6-12-4-7-13(17)8-5-12/h4-9,11H,3,10H2,1-2H3,(H2,18,19,20,22)/b9-6+/t11-/m1/s1. The Kier molecular flexibility index (Phi) is 7.45. The molecule has 0 aliphatic rings. The van der Waals surface area contributed by atoms with Gasteiger partial charge in [-0.2, -0.15) is 0 Å². The molecular formula is C16H19FN2O4. The number of esters is 1. The van der Waals surface area contributed by atoms with Crippen LogP contribution in [-0.2, 0) is 14.3 Å². The molecule has 1 aromatic rings. The summed E-state index contributed by atoms with van der Waals surface area (Å²) in [7, 11) is 0. The molecule has 6 nitrogen and oxygen atoms in total. The highest BCUT2D eigenvalue weighted by Gasteiger charge is 2.11. The van der Waals surface area contributed by atoms with E-state index in [0.717, 1.165) is 12.5 Å². The van der Waals surface area contributed by atoms with E-state index in [1.54, 1.807) is 6.92 Å². The van der Waals surface area contributed by atoms with Gasteiger partial charge in [-0.15, -0.1) is 0 Å². The fourth-order valence-corrected chi connectivity index (χ4v) is 1.45. The summed E-state index contributed by atoms with van der Waals surface area (Å²) >= 11 is 0. The summed E-state index contributed by atoms with van der Waals surface area (Å²) in [6.07, 6.45) is 3.26. The maximum atomic E-state index is 12.7. The Morgan fingerprint density at radius 3 is 2.52 bits per heavy atom. The van der Waals surface area contributed by atoms with E-state index in [0.29, 0.717) is 5.56 Å². The van der Waals surface area contributed by atoms with Crippen molar-refractivity contribution in [3.63, 3.8) is 0 Å². The van der Waals surface area contributed by atoms with E-state index < -0.39 is 24.5 Å². The molecule has 2 N–H and O–H groups in total. The second-order valence-electron chi connectivity index (χ2n) is 4.82. The van der Waals surface area contributed by atoms with Crippen LogP contribution in [0.5, 0.6) is 0 Å². The fourth-order valence-electron chi connectivity index (χ4n) is 1.45. The first kappa shape index (κ1) is 18.3. The second kappa shape index (κ2) is 9.34. The van der Waals surface area contributed by atoms with Crippen molar-refractivity contribution in [3.05, 3.63) is 41.7 Å². The lowest BCUT2D eigenvalue weighted by atomic mass is 10.2. The Labute approximate surface area is 133 Å². The molecule has 0 aromatic heterocycles. The first-order valence-corrected chi connectivity index (χ1v) is 7.11. The monoisotopic (exact) mass is 322 g/mol. The minimum absolute atomic E-state index is 0.0657. The Morgan fingerprint density at radius 2 is 1.91 bits per heavy atom. The molecule has 0 saturated heterocycles. The zero-order valence-corrected chi connectivity index (χ0v) is 13.0. The molecule has 0 heterocycles. The molecule has 0 aliphatic carbocycles. The van der Waals surface area contributed by atoms with Gasteiger partial charge in [0.05, 0.1) is 0 Å². The van der Waals surface area contributed by atoms with Crippen LogP contribution in [0.3, 0.4) is 0 Å². The summed E-state index contributed by atoms with van der Waals surface area (Å²) in [4.78, 5) is 34.2. The normalized spacial score (nSPS) is 11.8. The van der Waals surface area contributed by atoms with Crippen molar-refractivity contribution in [2.45, 2.75) is 26.3 Å². The van der Waals surface area contributed by atoms with Gasteiger partial charge in [0.25, 0.3) is 5.91 Å². The van der Waals surface area contributed by atoms with Crippen LogP contribution in [0.25, 0.3) is 6.08 Å². The predicted molar refractivity (Wildman–Crippen MR) is 82.8 cm³/mol. The summed E-state index contributed by atoms with van der Waals surface area (Å²) in [6.45, 7) is 3.12. The molecule has 1 atom stereocenters. The minimum atomic E-state index is -0.744.